The molecule has 1 rings (SSSR count). The molecule has 0 radical (unpaired) electrons. The van der Waals surface area contributed by atoms with Crippen LogP contribution < -0.4 is 4.74 Å². The van der Waals surface area contributed by atoms with Crippen molar-refractivity contribution in [2.75, 3.05) is 13.2 Å². The Bertz CT molecular complexity index is 476. The molecular weight excluding hydrogens is 250 g/mol. The molecule has 0 saturated heterocycles. The van der Waals surface area contributed by atoms with E-state index in [9.17, 15) is 0 Å². The summed E-state index contributed by atoms with van der Waals surface area (Å²) in [5.74, 6) is 1.52. The Morgan fingerprint density at radius 1 is 1.30 bits per heavy atom. The average Bonchev–Trinajstić information content (AvgIpc) is 2.38. The fraction of sp³-hybridized carbons (Fsp3) is 0.588. The normalized spacial score (nSPS) is 12.3. The van der Waals surface area contributed by atoms with Crippen LogP contribution >= 0.6 is 0 Å². The highest BCUT2D eigenvalue weighted by atomic mass is 16.5. The van der Waals surface area contributed by atoms with E-state index in [4.69, 9.17) is 14.8 Å². The van der Waals surface area contributed by atoms with Crippen molar-refractivity contribution in [1.82, 2.24) is 4.98 Å². The van der Waals surface area contributed by atoms with Crippen LogP contribution in [0.5, 0.6) is 5.75 Å². The van der Waals surface area contributed by atoms with Gasteiger partial charge in [0.1, 0.15) is 5.75 Å². The number of rotatable bonds is 6. The average molecular weight is 277 g/mol. The van der Waals surface area contributed by atoms with E-state index < -0.39 is 0 Å². The third-order valence-corrected chi connectivity index (χ3v) is 3.27. The Kier molecular flexibility index (Phi) is 6.21. The number of aromatic nitrogens is 1. The zero-order chi connectivity index (χ0) is 15.3. The summed E-state index contributed by atoms with van der Waals surface area (Å²) in [5, 5.41) is 9.14. The summed E-state index contributed by atoms with van der Waals surface area (Å²) in [6.07, 6.45) is 1.81. The minimum absolute atomic E-state index is 0.0355. The highest BCUT2D eigenvalue weighted by molar-refractivity contribution is 5.70. The van der Waals surface area contributed by atoms with Gasteiger partial charge in [0.15, 0.2) is 0 Å². The molecule has 112 valence electrons. The maximum atomic E-state index is 9.14. The number of allylic oxidation sites excluding steroid dienone is 1. The third-order valence-electron chi connectivity index (χ3n) is 3.27. The van der Waals surface area contributed by atoms with E-state index in [1.807, 2.05) is 19.9 Å². The highest BCUT2D eigenvalue weighted by Crippen LogP contribution is 2.35. The molecule has 1 heterocycles. The van der Waals surface area contributed by atoms with Gasteiger partial charge in [0.05, 0.1) is 18.9 Å². The zero-order valence-corrected chi connectivity index (χ0v) is 13.5. The van der Waals surface area contributed by atoms with Gasteiger partial charge in [-0.05, 0) is 37.3 Å². The molecule has 0 unspecified atom stereocenters. The van der Waals surface area contributed by atoms with Crippen LogP contribution in [0, 0.1) is 0 Å². The van der Waals surface area contributed by atoms with Gasteiger partial charge < -0.3 is 9.84 Å². The Balaban J connectivity index is 3.54. The lowest BCUT2D eigenvalue weighted by atomic mass is 9.97. The van der Waals surface area contributed by atoms with Crippen molar-refractivity contribution in [2.24, 2.45) is 0 Å². The first-order valence-corrected chi connectivity index (χ1v) is 7.37. The number of hydrogen-bond acceptors (Lipinski definition) is 3. The molecule has 0 bridgehead atoms. The van der Waals surface area contributed by atoms with Gasteiger partial charge in [-0.2, -0.15) is 0 Å². The quantitative estimate of drug-likeness (QED) is 0.850. The Morgan fingerprint density at radius 3 is 2.40 bits per heavy atom. The van der Waals surface area contributed by atoms with E-state index >= 15 is 0 Å². The smallest absolute Gasteiger partial charge is 0.148 e. The van der Waals surface area contributed by atoms with E-state index in [0.717, 1.165) is 28.3 Å². The lowest BCUT2D eigenvalue weighted by molar-refractivity contribution is 0.331. The predicted octanol–water partition coefficient (Wildman–Crippen LogP) is 4.12. The fourth-order valence-corrected chi connectivity index (χ4v) is 2.10. The van der Waals surface area contributed by atoms with Crippen molar-refractivity contribution in [3.05, 3.63) is 29.1 Å². The van der Waals surface area contributed by atoms with E-state index in [1.165, 1.54) is 0 Å². The van der Waals surface area contributed by atoms with Crippen LogP contribution in [0.3, 0.4) is 0 Å². The molecule has 0 aliphatic heterocycles. The molecule has 1 aromatic heterocycles. The van der Waals surface area contributed by atoms with E-state index in [0.29, 0.717) is 18.4 Å². The summed E-state index contributed by atoms with van der Waals surface area (Å²) < 4.78 is 5.85. The molecule has 0 aliphatic rings. The monoisotopic (exact) mass is 277 g/mol. The summed E-state index contributed by atoms with van der Waals surface area (Å²) in [4.78, 5) is 4.78. The van der Waals surface area contributed by atoms with E-state index in [1.54, 1.807) is 0 Å². The van der Waals surface area contributed by atoms with Crippen LogP contribution in [0.2, 0.25) is 0 Å². The molecule has 0 atom stereocenters. The largest absolute Gasteiger partial charge is 0.491 e. The summed E-state index contributed by atoms with van der Waals surface area (Å²) in [7, 11) is 0. The third kappa shape index (κ3) is 3.83. The molecule has 0 fully saturated rings. The number of ether oxygens (including phenoxy) is 1. The van der Waals surface area contributed by atoms with Crippen molar-refractivity contribution in [3.63, 3.8) is 0 Å². The van der Waals surface area contributed by atoms with Gasteiger partial charge in [-0.1, -0.05) is 33.8 Å². The maximum absolute atomic E-state index is 9.14. The van der Waals surface area contributed by atoms with Crippen LogP contribution in [0.25, 0.3) is 5.57 Å². The fourth-order valence-electron chi connectivity index (χ4n) is 2.10. The molecular formula is C17H27NO2. The summed E-state index contributed by atoms with van der Waals surface area (Å²) >= 11 is 0. The first-order chi connectivity index (χ1) is 9.42. The number of aliphatic hydroxyl groups is 1. The lowest BCUT2D eigenvalue weighted by Gasteiger charge is -2.20. The molecule has 0 aliphatic carbocycles. The SMILES string of the molecule is CCOc1c(/C(C)=C\CO)cc(C(C)C)nc1C(C)C. The van der Waals surface area contributed by atoms with Gasteiger partial charge >= 0.3 is 0 Å². The van der Waals surface area contributed by atoms with Gasteiger partial charge in [0.25, 0.3) is 0 Å². The van der Waals surface area contributed by atoms with Gasteiger partial charge in [-0.3, -0.25) is 4.98 Å². The second-order valence-corrected chi connectivity index (χ2v) is 5.62. The first kappa shape index (κ1) is 16.7. The minimum atomic E-state index is 0.0355. The van der Waals surface area contributed by atoms with Crippen molar-refractivity contribution in [1.29, 1.82) is 0 Å². The molecule has 1 N–H and O–H groups in total. The molecule has 3 nitrogen and oxygen atoms in total. The summed E-state index contributed by atoms with van der Waals surface area (Å²) in [6, 6.07) is 2.09. The maximum Gasteiger partial charge on any atom is 0.148 e. The molecule has 0 spiro atoms. The van der Waals surface area contributed by atoms with Crippen LogP contribution in [0.4, 0.5) is 0 Å². The molecule has 20 heavy (non-hydrogen) atoms. The predicted molar refractivity (Wildman–Crippen MR) is 84.3 cm³/mol. The van der Waals surface area contributed by atoms with E-state index in [-0.39, 0.29) is 6.61 Å². The van der Waals surface area contributed by atoms with Crippen molar-refractivity contribution < 1.29 is 9.84 Å². The number of nitrogens with zero attached hydrogens (tertiary/aromatic N) is 1. The van der Waals surface area contributed by atoms with Gasteiger partial charge in [0, 0.05) is 11.3 Å². The van der Waals surface area contributed by atoms with Crippen molar-refractivity contribution >= 4 is 5.57 Å². The second-order valence-electron chi connectivity index (χ2n) is 5.62. The Labute approximate surface area is 122 Å². The molecule has 1 aromatic rings. The van der Waals surface area contributed by atoms with Crippen molar-refractivity contribution in [2.45, 2.75) is 53.4 Å². The minimum Gasteiger partial charge on any atom is -0.491 e. The highest BCUT2D eigenvalue weighted by Gasteiger charge is 2.18. The molecule has 0 saturated carbocycles. The van der Waals surface area contributed by atoms with Crippen LogP contribution in [-0.2, 0) is 0 Å². The molecule has 0 aromatic carbocycles. The lowest BCUT2D eigenvalue weighted by Crippen LogP contribution is -2.08. The Morgan fingerprint density at radius 2 is 1.95 bits per heavy atom. The summed E-state index contributed by atoms with van der Waals surface area (Å²) in [5.41, 5.74) is 4.14. The van der Waals surface area contributed by atoms with Gasteiger partial charge in [0.2, 0.25) is 0 Å². The topological polar surface area (TPSA) is 42.4 Å². The van der Waals surface area contributed by atoms with Gasteiger partial charge in [-0.15, -0.1) is 0 Å². The summed E-state index contributed by atoms with van der Waals surface area (Å²) in [6.45, 7) is 13.2. The number of pyridine rings is 1. The molecule has 3 heteroatoms. The zero-order valence-electron chi connectivity index (χ0n) is 13.5. The van der Waals surface area contributed by atoms with Crippen LogP contribution in [0.15, 0.2) is 12.1 Å². The van der Waals surface area contributed by atoms with Crippen LogP contribution in [-0.4, -0.2) is 23.3 Å². The van der Waals surface area contributed by atoms with Crippen molar-refractivity contribution in [3.8, 4) is 5.75 Å². The van der Waals surface area contributed by atoms with Crippen LogP contribution in [0.1, 0.15) is 70.3 Å². The number of aliphatic hydroxyl groups excluding tert-OH is 1. The number of hydrogen-bond donors (Lipinski definition) is 1. The first-order valence-electron chi connectivity index (χ1n) is 7.37. The van der Waals surface area contributed by atoms with Gasteiger partial charge in [-0.25, -0.2) is 0 Å². The second kappa shape index (κ2) is 7.44. The molecule has 0 amide bonds. The Hall–Kier alpha value is -1.35. The van der Waals surface area contributed by atoms with E-state index in [2.05, 4.69) is 33.8 Å². The standard InChI is InChI=1S/C17H27NO2/c1-7-20-17-14(13(6)8-9-19)10-15(11(2)3)18-16(17)12(4)5/h8,10-12,19H,7,9H2,1-6H3/b13-8-.